The lowest BCUT2D eigenvalue weighted by Gasteiger charge is -2.21. The molecule has 6 aromatic rings. The standard InChI is InChI=1S/C23H26N4O6S2.C18H23NO4.C7H11N3O4S2/c1-13(2)5-8-16-18-10-6-14(3)12-27(18)23(29)20(21(16)28)22-24-17-9-7-15(25-34(4,30)31)11-19(17)35(32,33)26-22;1-5-23-18(22)15-16(20)13(8-6-11(2)3)14-9-7-12(4)10-19(14)17(15)21;1-15(11,12)10-5-2-3-6(8)7(4-5)16(9,13)14/h6-7,9-13,25,28H,5,8H2,1-4H3,(H,24,26);7,9-11,20H,5-6,8H2,1-4H3;2-4,10H,8H2,1H3,(H2,9,13,14). The third-order valence-electron chi connectivity index (χ3n) is 11.0. The van der Waals surface area contributed by atoms with Gasteiger partial charge >= 0.3 is 5.97 Å². The number of benzene rings is 2. The third-order valence-corrected chi connectivity index (χ3v) is 14.5. The number of amidine groups is 1. The molecule has 0 spiro atoms. The molecule has 4 aromatic heterocycles. The molecule has 0 amide bonds. The molecule has 74 heavy (non-hydrogen) atoms. The first-order chi connectivity index (χ1) is 34.2. The van der Waals surface area contributed by atoms with E-state index in [-0.39, 0.29) is 67.6 Å². The Hall–Kier alpha value is -7.00. The van der Waals surface area contributed by atoms with Gasteiger partial charge in [-0.05, 0) is 118 Å². The molecule has 0 unspecified atom stereocenters. The molecule has 0 saturated heterocycles. The summed E-state index contributed by atoms with van der Waals surface area (Å²) in [6.07, 6.45) is 7.85. The molecule has 400 valence electrons. The molecule has 0 radical (unpaired) electrons. The molecule has 1 aliphatic rings. The van der Waals surface area contributed by atoms with Crippen LogP contribution in [0.1, 0.15) is 85.6 Å². The van der Waals surface area contributed by atoms with Crippen molar-refractivity contribution in [3.63, 3.8) is 0 Å². The van der Waals surface area contributed by atoms with Gasteiger partial charge in [-0.15, -0.1) is 4.40 Å². The predicted molar refractivity (Wildman–Crippen MR) is 285 cm³/mol. The first-order valence-electron chi connectivity index (χ1n) is 22.8. The second kappa shape index (κ2) is 22.6. The number of primary sulfonamides is 1. The SMILES string of the molecule is CCOC(=O)c1c(O)c(CCC(C)C)c2ccc(C)cn2c1=O.CS(=O)(=O)Nc1ccc(N)c(S(N)(=O)=O)c1.Cc1ccc2c(CCC(C)C)c(O)c(C3=NS(=O)(=O)c4cc(NS(C)(=O)=O)ccc4N3)c(=O)n2c1. The summed E-state index contributed by atoms with van der Waals surface area (Å²) in [5, 5.41) is 29.5. The van der Waals surface area contributed by atoms with E-state index in [1.165, 1.54) is 33.1 Å². The zero-order chi connectivity index (χ0) is 55.4. The number of rotatable bonds is 14. The van der Waals surface area contributed by atoms with Crippen LogP contribution in [-0.2, 0) is 57.7 Å². The first-order valence-corrected chi connectivity index (χ1v) is 29.5. The molecule has 7 rings (SSSR count). The second-order valence-electron chi connectivity index (χ2n) is 18.3. The minimum Gasteiger partial charge on any atom is -0.507 e. The normalized spacial score (nSPS) is 13.2. The number of aryl methyl sites for hydroxylation is 4. The number of ether oxygens (including phenoxy) is 1. The highest BCUT2D eigenvalue weighted by Crippen LogP contribution is 2.35. The van der Waals surface area contributed by atoms with E-state index in [0.717, 1.165) is 48.6 Å². The number of nitrogens with two attached hydrogens (primary N) is 2. The number of hydrogen-bond donors (Lipinski definition) is 7. The van der Waals surface area contributed by atoms with E-state index in [9.17, 15) is 58.3 Å². The van der Waals surface area contributed by atoms with Crippen LogP contribution in [0.3, 0.4) is 0 Å². The zero-order valence-corrected chi connectivity index (χ0v) is 45.3. The van der Waals surface area contributed by atoms with Crippen molar-refractivity contribution in [1.82, 2.24) is 8.80 Å². The van der Waals surface area contributed by atoms with Crippen LogP contribution in [-0.4, -0.2) is 83.6 Å². The van der Waals surface area contributed by atoms with Crippen LogP contribution in [0.5, 0.6) is 11.5 Å². The highest BCUT2D eigenvalue weighted by Gasteiger charge is 2.31. The van der Waals surface area contributed by atoms with Crippen LogP contribution in [0.15, 0.2) is 96.8 Å². The van der Waals surface area contributed by atoms with Crippen molar-refractivity contribution in [3.05, 3.63) is 127 Å². The van der Waals surface area contributed by atoms with Crippen molar-refractivity contribution in [2.24, 2.45) is 21.4 Å². The molecule has 0 aliphatic carbocycles. The number of anilines is 4. The number of fused-ring (bicyclic) bond motifs is 3. The molecule has 0 fully saturated rings. The largest absolute Gasteiger partial charge is 0.507 e. The monoisotopic (exact) mass is 1100 g/mol. The van der Waals surface area contributed by atoms with Gasteiger partial charge < -0.3 is 26.0 Å². The molecule has 2 aromatic carbocycles. The number of aromatic hydroxyl groups is 2. The van der Waals surface area contributed by atoms with Crippen LogP contribution >= 0.6 is 0 Å². The summed E-state index contributed by atoms with van der Waals surface area (Å²) in [7, 11) is -15.4. The average molecular weight is 1100 g/mol. The lowest BCUT2D eigenvalue weighted by molar-refractivity contribution is 0.0520. The summed E-state index contributed by atoms with van der Waals surface area (Å²) >= 11 is 0. The number of sulfonamides is 4. The van der Waals surface area contributed by atoms with Crippen molar-refractivity contribution in [2.45, 2.75) is 83.9 Å². The smallest absolute Gasteiger partial charge is 0.347 e. The molecular formula is C48H60N8O14S4. The summed E-state index contributed by atoms with van der Waals surface area (Å²) in [6, 6.07) is 14.8. The van der Waals surface area contributed by atoms with E-state index in [4.69, 9.17) is 15.6 Å². The fourth-order valence-electron chi connectivity index (χ4n) is 7.59. The number of nitrogen functional groups attached to an aromatic ring is 1. The van der Waals surface area contributed by atoms with Crippen molar-refractivity contribution < 1.29 is 53.4 Å². The maximum absolute atomic E-state index is 13.4. The van der Waals surface area contributed by atoms with E-state index in [2.05, 4.69) is 33.0 Å². The van der Waals surface area contributed by atoms with Gasteiger partial charge in [0.2, 0.25) is 30.1 Å². The maximum Gasteiger partial charge on any atom is 0.347 e. The van der Waals surface area contributed by atoms with Crippen molar-refractivity contribution in [3.8, 4) is 11.5 Å². The average Bonchev–Trinajstić information content (AvgIpc) is 3.26. The molecular weight excluding hydrogens is 1040 g/mol. The Labute approximate surface area is 429 Å². The first kappa shape index (κ1) is 57.9. The van der Waals surface area contributed by atoms with Crippen molar-refractivity contribution in [1.29, 1.82) is 0 Å². The summed E-state index contributed by atoms with van der Waals surface area (Å²) in [6.45, 7) is 13.8. The van der Waals surface area contributed by atoms with Gasteiger partial charge in [-0.2, -0.15) is 8.42 Å². The van der Waals surface area contributed by atoms with E-state index in [1.54, 1.807) is 31.5 Å². The topological polar surface area (TPSA) is 347 Å². The number of esters is 1. The van der Waals surface area contributed by atoms with Gasteiger partial charge in [-0.1, -0.05) is 39.8 Å². The number of carbonyl (C=O) groups excluding carboxylic acids is 1. The van der Waals surface area contributed by atoms with Crippen molar-refractivity contribution >= 4 is 85.7 Å². The minimum atomic E-state index is -4.32. The quantitative estimate of drug-likeness (QED) is 0.0544. The Bertz CT molecular complexity index is 3800. The van der Waals surface area contributed by atoms with Crippen LogP contribution < -0.4 is 36.8 Å². The lowest BCUT2D eigenvalue weighted by Crippen LogP contribution is -2.31. The molecule has 0 bridgehead atoms. The summed E-state index contributed by atoms with van der Waals surface area (Å²) in [4.78, 5) is 37.6. The number of pyridine rings is 4. The maximum atomic E-state index is 13.4. The predicted octanol–water partition coefficient (Wildman–Crippen LogP) is 5.20. The molecule has 26 heteroatoms. The second-order valence-corrected chi connectivity index (χ2v) is 24.9. The van der Waals surface area contributed by atoms with E-state index in [1.807, 2.05) is 39.8 Å². The number of aromatic nitrogens is 2. The van der Waals surface area contributed by atoms with Crippen LogP contribution in [0.25, 0.3) is 11.0 Å². The van der Waals surface area contributed by atoms with E-state index < -0.39 is 57.2 Å². The van der Waals surface area contributed by atoms with Crippen LogP contribution in [0.4, 0.5) is 22.7 Å². The molecule has 1 aliphatic heterocycles. The van der Waals surface area contributed by atoms with E-state index in [0.29, 0.717) is 46.8 Å². The summed E-state index contributed by atoms with van der Waals surface area (Å²) in [5.41, 5.74) is 7.92. The number of nitrogens with one attached hydrogen (secondary N) is 3. The molecule has 0 saturated carbocycles. The highest BCUT2D eigenvalue weighted by atomic mass is 32.2. The zero-order valence-electron chi connectivity index (χ0n) is 42.0. The van der Waals surface area contributed by atoms with Gasteiger partial charge in [0.25, 0.3) is 21.1 Å². The third kappa shape index (κ3) is 14.2. The number of hydrogen-bond acceptors (Lipinski definition) is 16. The Balaban J connectivity index is 0.000000224. The van der Waals surface area contributed by atoms with Crippen molar-refractivity contribution in [2.75, 3.05) is 39.6 Å². The fourth-order valence-corrected chi connectivity index (χ4v) is 10.5. The van der Waals surface area contributed by atoms with Gasteiger partial charge in [0.1, 0.15) is 26.9 Å². The molecule has 0 atom stereocenters. The van der Waals surface area contributed by atoms with Gasteiger partial charge in [0, 0.05) is 34.9 Å². The van der Waals surface area contributed by atoms with Gasteiger partial charge in [0.15, 0.2) is 11.4 Å². The van der Waals surface area contributed by atoms with Crippen LogP contribution in [0, 0.1) is 25.7 Å². The van der Waals surface area contributed by atoms with Crippen LogP contribution in [0.2, 0.25) is 0 Å². The molecule has 5 heterocycles. The minimum absolute atomic E-state index is 0.0402. The molecule has 22 nitrogen and oxygen atoms in total. The number of carbonyl (C=O) groups is 1. The summed E-state index contributed by atoms with van der Waals surface area (Å²) < 4.78 is 109. The van der Waals surface area contributed by atoms with Gasteiger partial charge in [-0.3, -0.25) is 27.8 Å². The number of nitrogens with zero attached hydrogens (tertiary/aromatic N) is 3. The Morgan fingerprint density at radius 2 is 1.24 bits per heavy atom. The Morgan fingerprint density at radius 3 is 1.73 bits per heavy atom. The van der Waals surface area contributed by atoms with Gasteiger partial charge in [-0.25, -0.2) is 35.2 Å². The Morgan fingerprint density at radius 1 is 0.757 bits per heavy atom. The molecule has 9 N–H and O–H groups in total. The fraction of sp³-hybridized carbons (Fsp3) is 0.333. The van der Waals surface area contributed by atoms with E-state index >= 15 is 0 Å². The highest BCUT2D eigenvalue weighted by molar-refractivity contribution is 7.92. The summed E-state index contributed by atoms with van der Waals surface area (Å²) in [5.74, 6) is -0.875. The lowest BCUT2D eigenvalue weighted by atomic mass is 9.98. The van der Waals surface area contributed by atoms with Gasteiger partial charge in [0.05, 0.1) is 41.5 Å². The Kier molecular flexibility index (Phi) is 17.7.